The van der Waals surface area contributed by atoms with E-state index in [1.54, 1.807) is 0 Å². The zero-order chi connectivity index (χ0) is 13.3. The van der Waals surface area contributed by atoms with Crippen molar-refractivity contribution in [2.75, 3.05) is 19.8 Å². The molecule has 2 aliphatic rings. The van der Waals surface area contributed by atoms with Gasteiger partial charge in [-0.1, -0.05) is 24.9 Å². The summed E-state index contributed by atoms with van der Waals surface area (Å²) in [6.45, 7) is 5.41. The van der Waals surface area contributed by atoms with Crippen LogP contribution in [-0.4, -0.2) is 19.8 Å². The van der Waals surface area contributed by atoms with E-state index >= 15 is 0 Å². The van der Waals surface area contributed by atoms with Gasteiger partial charge in [-0.05, 0) is 36.0 Å². The topological polar surface area (TPSA) is 30.5 Å². The summed E-state index contributed by atoms with van der Waals surface area (Å²) in [5.41, 5.74) is 1.65. The first-order valence-electron chi connectivity index (χ1n) is 6.95. The highest BCUT2D eigenvalue weighted by atomic mass is 35.5. The number of benzene rings is 1. The average molecular weight is 282 g/mol. The number of nitrogens with one attached hydrogen (secondary N) is 1. The van der Waals surface area contributed by atoms with E-state index in [1.807, 2.05) is 12.1 Å². The largest absolute Gasteiger partial charge is 0.486 e. The van der Waals surface area contributed by atoms with Crippen LogP contribution in [0.2, 0.25) is 5.02 Å². The molecule has 1 fully saturated rings. The Labute approximate surface area is 119 Å². The molecule has 0 spiro atoms. The number of rotatable bonds is 4. The van der Waals surface area contributed by atoms with Crippen molar-refractivity contribution in [1.82, 2.24) is 5.32 Å². The first-order chi connectivity index (χ1) is 9.16. The van der Waals surface area contributed by atoms with E-state index in [1.165, 1.54) is 19.3 Å². The van der Waals surface area contributed by atoms with E-state index in [4.69, 9.17) is 21.1 Å². The second-order valence-electron chi connectivity index (χ2n) is 5.87. The highest BCUT2D eigenvalue weighted by Gasteiger charge is 2.30. The fraction of sp³-hybridized carbons (Fsp3) is 0.600. The quantitative estimate of drug-likeness (QED) is 0.918. The SMILES string of the molecule is CC1(CNCc2cc(Cl)c3c(c2)OCCO3)CCC1. The Morgan fingerprint density at radius 3 is 2.79 bits per heavy atom. The molecule has 1 aliphatic carbocycles. The number of halogens is 1. The van der Waals surface area contributed by atoms with Crippen LogP contribution in [0.3, 0.4) is 0 Å². The van der Waals surface area contributed by atoms with Gasteiger partial charge >= 0.3 is 0 Å². The van der Waals surface area contributed by atoms with Gasteiger partial charge in [-0.15, -0.1) is 0 Å². The Kier molecular flexibility index (Phi) is 3.59. The lowest BCUT2D eigenvalue weighted by atomic mass is 9.70. The number of hydrogen-bond acceptors (Lipinski definition) is 3. The van der Waals surface area contributed by atoms with Gasteiger partial charge in [0.25, 0.3) is 0 Å². The number of hydrogen-bond donors (Lipinski definition) is 1. The van der Waals surface area contributed by atoms with Crippen molar-refractivity contribution in [1.29, 1.82) is 0 Å². The Bertz CT molecular complexity index is 471. The molecule has 1 saturated carbocycles. The van der Waals surface area contributed by atoms with E-state index < -0.39 is 0 Å². The van der Waals surface area contributed by atoms with Gasteiger partial charge in [-0.3, -0.25) is 0 Å². The Balaban J connectivity index is 1.63. The third kappa shape index (κ3) is 2.82. The van der Waals surface area contributed by atoms with Crippen LogP contribution >= 0.6 is 11.6 Å². The molecule has 0 amide bonds. The van der Waals surface area contributed by atoms with Gasteiger partial charge < -0.3 is 14.8 Å². The predicted octanol–water partition coefficient (Wildman–Crippen LogP) is 3.39. The fourth-order valence-corrected chi connectivity index (χ4v) is 3.02. The maximum atomic E-state index is 6.22. The summed E-state index contributed by atoms with van der Waals surface area (Å²) in [5, 5.41) is 4.17. The molecule has 1 aliphatic heterocycles. The summed E-state index contributed by atoms with van der Waals surface area (Å²) in [5.74, 6) is 1.45. The van der Waals surface area contributed by atoms with Gasteiger partial charge in [0.2, 0.25) is 0 Å². The molecule has 4 heteroatoms. The minimum atomic E-state index is 0.498. The molecule has 1 aromatic rings. The molecule has 1 N–H and O–H groups in total. The predicted molar refractivity (Wildman–Crippen MR) is 76.1 cm³/mol. The van der Waals surface area contributed by atoms with Gasteiger partial charge in [0.05, 0.1) is 5.02 Å². The number of fused-ring (bicyclic) bond motifs is 1. The van der Waals surface area contributed by atoms with Crippen LogP contribution in [0.1, 0.15) is 31.7 Å². The first kappa shape index (κ1) is 13.1. The standard InChI is InChI=1S/C15H20ClNO2/c1-15(3-2-4-15)10-17-9-11-7-12(16)14-13(8-11)18-5-6-19-14/h7-8,17H,2-6,9-10H2,1H3. The van der Waals surface area contributed by atoms with Gasteiger partial charge in [-0.2, -0.15) is 0 Å². The van der Waals surface area contributed by atoms with Gasteiger partial charge in [0.15, 0.2) is 11.5 Å². The van der Waals surface area contributed by atoms with Crippen LogP contribution in [0.5, 0.6) is 11.5 Å². The molecule has 1 heterocycles. The molecule has 3 rings (SSSR count). The minimum Gasteiger partial charge on any atom is -0.486 e. The van der Waals surface area contributed by atoms with Gasteiger partial charge in [0.1, 0.15) is 13.2 Å². The third-order valence-electron chi connectivity index (χ3n) is 4.10. The van der Waals surface area contributed by atoms with Gasteiger partial charge in [0, 0.05) is 13.1 Å². The van der Waals surface area contributed by atoms with Crippen molar-refractivity contribution in [2.24, 2.45) is 5.41 Å². The summed E-state index contributed by atoms with van der Waals surface area (Å²) in [7, 11) is 0. The average Bonchev–Trinajstić information content (AvgIpc) is 2.37. The summed E-state index contributed by atoms with van der Waals surface area (Å²) in [4.78, 5) is 0. The molecule has 0 radical (unpaired) electrons. The highest BCUT2D eigenvalue weighted by molar-refractivity contribution is 6.32. The monoisotopic (exact) mass is 281 g/mol. The van der Waals surface area contributed by atoms with Crippen LogP contribution in [-0.2, 0) is 6.54 Å². The van der Waals surface area contributed by atoms with Crippen molar-refractivity contribution in [3.8, 4) is 11.5 Å². The molecule has 19 heavy (non-hydrogen) atoms. The third-order valence-corrected chi connectivity index (χ3v) is 4.38. The van der Waals surface area contributed by atoms with Crippen LogP contribution in [0, 0.1) is 5.41 Å². The molecule has 104 valence electrons. The lowest BCUT2D eigenvalue weighted by Crippen LogP contribution is -2.36. The van der Waals surface area contributed by atoms with E-state index in [0.717, 1.165) is 24.4 Å². The molecular formula is C15H20ClNO2. The van der Waals surface area contributed by atoms with Crippen molar-refractivity contribution in [3.05, 3.63) is 22.7 Å². The first-order valence-corrected chi connectivity index (χ1v) is 7.33. The van der Waals surface area contributed by atoms with Crippen LogP contribution in [0.4, 0.5) is 0 Å². The lowest BCUT2D eigenvalue weighted by molar-refractivity contribution is 0.156. The molecule has 1 aromatic carbocycles. The van der Waals surface area contributed by atoms with Crippen molar-refractivity contribution in [3.63, 3.8) is 0 Å². The molecular weight excluding hydrogens is 262 g/mol. The number of ether oxygens (including phenoxy) is 2. The van der Waals surface area contributed by atoms with Crippen molar-refractivity contribution in [2.45, 2.75) is 32.7 Å². The van der Waals surface area contributed by atoms with Crippen molar-refractivity contribution < 1.29 is 9.47 Å². The minimum absolute atomic E-state index is 0.498. The molecule has 0 atom stereocenters. The van der Waals surface area contributed by atoms with E-state index in [0.29, 0.717) is 29.4 Å². The smallest absolute Gasteiger partial charge is 0.179 e. The molecule has 0 aromatic heterocycles. The lowest BCUT2D eigenvalue weighted by Gasteiger charge is -2.38. The van der Waals surface area contributed by atoms with E-state index in [9.17, 15) is 0 Å². The fourth-order valence-electron chi connectivity index (χ4n) is 2.73. The zero-order valence-electron chi connectivity index (χ0n) is 11.3. The van der Waals surface area contributed by atoms with E-state index in [-0.39, 0.29) is 0 Å². The second-order valence-corrected chi connectivity index (χ2v) is 6.28. The molecule has 0 bridgehead atoms. The van der Waals surface area contributed by atoms with Crippen LogP contribution in [0.25, 0.3) is 0 Å². The Morgan fingerprint density at radius 2 is 2.05 bits per heavy atom. The Morgan fingerprint density at radius 1 is 1.26 bits per heavy atom. The summed E-state index contributed by atoms with van der Waals surface area (Å²) >= 11 is 6.22. The highest BCUT2D eigenvalue weighted by Crippen LogP contribution is 2.40. The summed E-state index contributed by atoms with van der Waals surface area (Å²) < 4.78 is 11.1. The summed E-state index contributed by atoms with van der Waals surface area (Å²) in [6.07, 6.45) is 4.04. The maximum Gasteiger partial charge on any atom is 0.179 e. The summed E-state index contributed by atoms with van der Waals surface area (Å²) in [6, 6.07) is 3.99. The zero-order valence-corrected chi connectivity index (χ0v) is 12.1. The maximum absolute atomic E-state index is 6.22. The molecule has 0 unspecified atom stereocenters. The Hall–Kier alpha value is -0.930. The van der Waals surface area contributed by atoms with Crippen LogP contribution < -0.4 is 14.8 Å². The second kappa shape index (κ2) is 5.22. The normalized spacial score (nSPS) is 19.9. The van der Waals surface area contributed by atoms with Crippen LogP contribution in [0.15, 0.2) is 12.1 Å². The van der Waals surface area contributed by atoms with E-state index in [2.05, 4.69) is 12.2 Å². The van der Waals surface area contributed by atoms with Gasteiger partial charge in [-0.25, -0.2) is 0 Å². The van der Waals surface area contributed by atoms with Crippen molar-refractivity contribution >= 4 is 11.6 Å². The molecule has 0 saturated heterocycles. The molecule has 3 nitrogen and oxygen atoms in total.